The van der Waals surface area contributed by atoms with Crippen LogP contribution in [0.15, 0.2) is 24.3 Å². The molecule has 1 rings (SSSR count). The Bertz CT molecular complexity index is 614. The van der Waals surface area contributed by atoms with Gasteiger partial charge in [0.2, 0.25) is 5.91 Å². The SMILES string of the molecule is COC(=O)[C@@H](CCC(C)=O)NC(=O)Cc1cccc([N+](=O)[O-])c1. The maximum Gasteiger partial charge on any atom is 0.328 e. The summed E-state index contributed by atoms with van der Waals surface area (Å²) in [5.74, 6) is -1.23. The fourth-order valence-corrected chi connectivity index (χ4v) is 1.95. The summed E-state index contributed by atoms with van der Waals surface area (Å²) in [5, 5.41) is 13.2. The lowest BCUT2D eigenvalue weighted by atomic mass is 10.1. The summed E-state index contributed by atoms with van der Waals surface area (Å²) in [5.41, 5.74) is 0.336. The van der Waals surface area contributed by atoms with Gasteiger partial charge in [-0.1, -0.05) is 12.1 Å². The summed E-state index contributed by atoms with van der Waals surface area (Å²) in [6.45, 7) is 1.39. The van der Waals surface area contributed by atoms with Crippen LogP contribution in [0, 0.1) is 10.1 Å². The first-order valence-electron chi connectivity index (χ1n) is 6.93. The zero-order valence-electron chi connectivity index (χ0n) is 12.9. The highest BCUT2D eigenvalue weighted by atomic mass is 16.6. The van der Waals surface area contributed by atoms with Gasteiger partial charge in [-0.05, 0) is 18.9 Å². The lowest BCUT2D eigenvalue weighted by Crippen LogP contribution is -2.42. The highest BCUT2D eigenvalue weighted by molar-refractivity contribution is 5.86. The Morgan fingerprint density at radius 2 is 2.04 bits per heavy atom. The van der Waals surface area contributed by atoms with Gasteiger partial charge >= 0.3 is 5.97 Å². The summed E-state index contributed by atoms with van der Waals surface area (Å²) < 4.78 is 4.59. The lowest BCUT2D eigenvalue weighted by molar-refractivity contribution is -0.384. The monoisotopic (exact) mass is 322 g/mol. The Balaban J connectivity index is 2.71. The number of Topliss-reactive ketones (excluding diaryl/α,β-unsaturated/α-hetero) is 1. The second-order valence-electron chi connectivity index (χ2n) is 4.99. The van der Waals surface area contributed by atoms with Crippen molar-refractivity contribution in [2.24, 2.45) is 0 Å². The minimum atomic E-state index is -0.921. The van der Waals surface area contributed by atoms with E-state index in [9.17, 15) is 24.5 Å². The van der Waals surface area contributed by atoms with Crippen LogP contribution in [-0.4, -0.2) is 35.7 Å². The Morgan fingerprint density at radius 1 is 1.35 bits per heavy atom. The maximum atomic E-state index is 12.0. The number of nitro groups is 1. The van der Waals surface area contributed by atoms with Gasteiger partial charge in [0.25, 0.3) is 5.69 Å². The average molecular weight is 322 g/mol. The second-order valence-corrected chi connectivity index (χ2v) is 4.99. The summed E-state index contributed by atoms with van der Waals surface area (Å²) in [4.78, 5) is 44.8. The number of nitrogens with zero attached hydrogens (tertiary/aromatic N) is 1. The molecule has 0 heterocycles. The number of methoxy groups -OCH3 is 1. The van der Waals surface area contributed by atoms with Crippen LogP contribution in [-0.2, 0) is 25.5 Å². The molecule has 0 radical (unpaired) electrons. The van der Waals surface area contributed by atoms with Gasteiger partial charge in [0, 0.05) is 18.6 Å². The van der Waals surface area contributed by atoms with Gasteiger partial charge in [-0.15, -0.1) is 0 Å². The molecule has 124 valence electrons. The molecule has 23 heavy (non-hydrogen) atoms. The van der Waals surface area contributed by atoms with Crippen LogP contribution < -0.4 is 5.32 Å². The molecule has 0 aliphatic carbocycles. The van der Waals surface area contributed by atoms with E-state index in [2.05, 4.69) is 10.1 Å². The normalized spacial score (nSPS) is 11.4. The number of hydrogen-bond acceptors (Lipinski definition) is 6. The van der Waals surface area contributed by atoms with Crippen molar-refractivity contribution in [3.8, 4) is 0 Å². The fraction of sp³-hybridized carbons (Fsp3) is 0.400. The van der Waals surface area contributed by atoms with E-state index < -0.39 is 22.8 Å². The molecule has 1 aromatic rings. The third-order valence-electron chi connectivity index (χ3n) is 3.09. The molecule has 0 aromatic heterocycles. The number of rotatable bonds is 8. The van der Waals surface area contributed by atoms with Crippen LogP contribution >= 0.6 is 0 Å². The number of nitro benzene ring substituents is 1. The van der Waals surface area contributed by atoms with Crippen LogP contribution in [0.4, 0.5) is 5.69 Å². The van der Waals surface area contributed by atoms with Crippen LogP contribution in [0.5, 0.6) is 0 Å². The molecular formula is C15H18N2O6. The van der Waals surface area contributed by atoms with Gasteiger partial charge < -0.3 is 14.8 Å². The number of benzene rings is 1. The van der Waals surface area contributed by atoms with E-state index in [1.54, 1.807) is 6.07 Å². The van der Waals surface area contributed by atoms with Gasteiger partial charge in [-0.25, -0.2) is 4.79 Å². The van der Waals surface area contributed by atoms with Crippen LogP contribution in [0.3, 0.4) is 0 Å². The Morgan fingerprint density at radius 3 is 2.61 bits per heavy atom. The molecule has 8 nitrogen and oxygen atoms in total. The zero-order chi connectivity index (χ0) is 17.4. The first-order chi connectivity index (χ1) is 10.8. The molecule has 1 aromatic carbocycles. The number of ether oxygens (including phenoxy) is 1. The zero-order valence-corrected chi connectivity index (χ0v) is 12.9. The highest BCUT2D eigenvalue weighted by Gasteiger charge is 2.22. The van der Waals surface area contributed by atoms with Crippen molar-refractivity contribution in [3.05, 3.63) is 39.9 Å². The van der Waals surface area contributed by atoms with Crippen molar-refractivity contribution in [1.82, 2.24) is 5.32 Å². The third-order valence-corrected chi connectivity index (χ3v) is 3.09. The van der Waals surface area contributed by atoms with Gasteiger partial charge in [0.15, 0.2) is 0 Å². The van der Waals surface area contributed by atoms with E-state index in [0.29, 0.717) is 5.56 Å². The van der Waals surface area contributed by atoms with Crippen molar-refractivity contribution < 1.29 is 24.0 Å². The number of nitrogens with one attached hydrogen (secondary N) is 1. The predicted octanol–water partition coefficient (Wildman–Crippen LogP) is 1.16. The molecule has 8 heteroatoms. The van der Waals surface area contributed by atoms with E-state index in [0.717, 1.165) is 0 Å². The molecule has 1 N–H and O–H groups in total. The number of carbonyl (C=O) groups is 3. The largest absolute Gasteiger partial charge is 0.467 e. The summed E-state index contributed by atoms with van der Waals surface area (Å²) in [6, 6.07) is 4.76. The predicted molar refractivity (Wildman–Crippen MR) is 80.7 cm³/mol. The van der Waals surface area contributed by atoms with Crippen molar-refractivity contribution in [1.29, 1.82) is 0 Å². The number of non-ortho nitro benzene ring substituents is 1. The molecule has 0 spiro atoms. The molecule has 0 aliphatic rings. The van der Waals surface area contributed by atoms with E-state index in [4.69, 9.17) is 0 Å². The second kappa shape index (κ2) is 8.62. The first-order valence-corrected chi connectivity index (χ1v) is 6.93. The molecule has 1 atom stereocenters. The molecule has 0 bridgehead atoms. The molecule has 0 aliphatic heterocycles. The Labute approximate surface area is 133 Å². The molecule has 1 amide bonds. The van der Waals surface area contributed by atoms with Crippen LogP contribution in [0.25, 0.3) is 0 Å². The number of esters is 1. The topological polar surface area (TPSA) is 116 Å². The fourth-order valence-electron chi connectivity index (χ4n) is 1.95. The van der Waals surface area contributed by atoms with Crippen molar-refractivity contribution in [2.75, 3.05) is 7.11 Å². The van der Waals surface area contributed by atoms with Crippen LogP contribution in [0.2, 0.25) is 0 Å². The van der Waals surface area contributed by atoms with E-state index >= 15 is 0 Å². The van der Waals surface area contributed by atoms with Gasteiger partial charge in [-0.3, -0.25) is 14.9 Å². The molecule has 0 unspecified atom stereocenters. The van der Waals surface area contributed by atoms with Crippen molar-refractivity contribution in [2.45, 2.75) is 32.2 Å². The van der Waals surface area contributed by atoms with E-state index in [1.165, 1.54) is 32.2 Å². The number of hydrogen-bond donors (Lipinski definition) is 1. The van der Waals surface area contributed by atoms with Gasteiger partial charge in [0.05, 0.1) is 18.5 Å². The van der Waals surface area contributed by atoms with Crippen molar-refractivity contribution in [3.63, 3.8) is 0 Å². The summed E-state index contributed by atoms with van der Waals surface area (Å²) in [6.07, 6.45) is 0.161. The molecule has 0 saturated heterocycles. The standard InChI is InChI=1S/C15H18N2O6/c1-10(18)6-7-13(15(20)23-2)16-14(19)9-11-4-3-5-12(8-11)17(21)22/h3-5,8,13H,6-7,9H2,1-2H3,(H,16,19)/t13-/m1/s1. The third kappa shape index (κ3) is 6.25. The highest BCUT2D eigenvalue weighted by Crippen LogP contribution is 2.13. The molecule has 0 saturated carbocycles. The van der Waals surface area contributed by atoms with Gasteiger partial charge in [0.1, 0.15) is 11.8 Å². The minimum absolute atomic E-state index is 0.105. The number of carbonyl (C=O) groups excluding carboxylic acids is 3. The summed E-state index contributed by atoms with van der Waals surface area (Å²) >= 11 is 0. The molecule has 0 fully saturated rings. The average Bonchev–Trinajstić information content (AvgIpc) is 2.50. The maximum absolute atomic E-state index is 12.0. The molecular weight excluding hydrogens is 304 g/mol. The first kappa shape index (κ1) is 18.3. The minimum Gasteiger partial charge on any atom is -0.467 e. The van der Waals surface area contributed by atoms with E-state index in [1.807, 2.05) is 0 Å². The van der Waals surface area contributed by atoms with Crippen LogP contribution in [0.1, 0.15) is 25.3 Å². The Hall–Kier alpha value is -2.77. The van der Waals surface area contributed by atoms with Crippen molar-refractivity contribution >= 4 is 23.3 Å². The smallest absolute Gasteiger partial charge is 0.328 e. The number of amides is 1. The summed E-state index contributed by atoms with van der Waals surface area (Å²) in [7, 11) is 1.19. The van der Waals surface area contributed by atoms with Gasteiger partial charge in [-0.2, -0.15) is 0 Å². The lowest BCUT2D eigenvalue weighted by Gasteiger charge is -2.15. The Kier molecular flexibility index (Phi) is 6.85. The number of ketones is 1. The quantitative estimate of drug-likeness (QED) is 0.436. The van der Waals surface area contributed by atoms with E-state index in [-0.39, 0.29) is 30.7 Å².